The predicted molar refractivity (Wildman–Crippen MR) is 45.1 cm³/mol. The fraction of sp³-hybridized carbons (Fsp3) is 0.400. The lowest BCUT2D eigenvalue weighted by molar-refractivity contribution is 0.0396. The summed E-state index contributed by atoms with van der Waals surface area (Å²) in [5.41, 5.74) is 0.888. The number of hydrogen-bond acceptors (Lipinski definition) is 1. The van der Waals surface area contributed by atoms with Gasteiger partial charge in [-0.15, -0.1) is 0 Å². The molecule has 0 aliphatic carbocycles. The minimum absolute atomic E-state index is 0.134. The second kappa shape index (κ2) is 3.32. The molecule has 3 heteroatoms. The molecule has 0 radical (unpaired) electrons. The van der Waals surface area contributed by atoms with E-state index in [0.29, 0.717) is 6.42 Å². The quantitative estimate of drug-likeness (QED) is 0.651. The molecular weight excluding hydrogens is 174 g/mol. The van der Waals surface area contributed by atoms with Gasteiger partial charge in [0.2, 0.25) is 6.43 Å². The van der Waals surface area contributed by atoms with Crippen molar-refractivity contribution < 1.29 is 13.5 Å². The van der Waals surface area contributed by atoms with E-state index in [0.717, 1.165) is 11.3 Å². The molecule has 1 nitrogen and oxygen atoms in total. The van der Waals surface area contributed by atoms with Crippen LogP contribution in [0.5, 0.6) is 5.75 Å². The molecule has 0 fully saturated rings. The lowest BCUT2D eigenvalue weighted by Crippen LogP contribution is -2.26. The number of para-hydroxylation sites is 1. The smallest absolute Gasteiger partial charge is 0.245 e. The average Bonchev–Trinajstić information content (AvgIpc) is 2.17. The lowest BCUT2D eigenvalue weighted by atomic mass is 9.97. The Labute approximate surface area is 75.3 Å². The summed E-state index contributed by atoms with van der Waals surface area (Å²) in [5, 5.41) is 0. The maximum Gasteiger partial charge on any atom is 0.245 e. The summed E-state index contributed by atoms with van der Waals surface area (Å²) in [6.07, 6.45) is -1.86. The van der Waals surface area contributed by atoms with Gasteiger partial charge in [-0.3, -0.25) is 0 Å². The summed E-state index contributed by atoms with van der Waals surface area (Å²) in [7, 11) is 0. The molecule has 13 heavy (non-hydrogen) atoms. The van der Waals surface area contributed by atoms with Gasteiger partial charge in [0.1, 0.15) is 5.75 Å². The summed E-state index contributed by atoms with van der Waals surface area (Å²) in [6, 6.07) is 7.35. The minimum atomic E-state index is -2.28. The van der Waals surface area contributed by atoms with Crippen molar-refractivity contribution in [2.45, 2.75) is 12.8 Å². The molecule has 0 bridgehead atoms. The van der Waals surface area contributed by atoms with Crippen molar-refractivity contribution in [3.63, 3.8) is 0 Å². The normalized spacial score (nSPS) is 21.0. The number of alkyl halides is 2. The van der Waals surface area contributed by atoms with E-state index in [1.165, 1.54) is 0 Å². The number of halogens is 2. The molecule has 1 atom stereocenters. The summed E-state index contributed by atoms with van der Waals surface area (Å²) in [4.78, 5) is 0. The van der Waals surface area contributed by atoms with Crippen molar-refractivity contribution in [1.29, 1.82) is 0 Å². The third-order valence-corrected chi connectivity index (χ3v) is 2.26. The van der Waals surface area contributed by atoms with Crippen LogP contribution in [0.4, 0.5) is 8.78 Å². The Kier molecular flexibility index (Phi) is 2.17. The van der Waals surface area contributed by atoms with Crippen molar-refractivity contribution in [2.24, 2.45) is 5.92 Å². The van der Waals surface area contributed by atoms with E-state index in [-0.39, 0.29) is 6.61 Å². The SMILES string of the molecule is FC(F)C1COc2ccccc2C1. The van der Waals surface area contributed by atoms with Crippen molar-refractivity contribution in [1.82, 2.24) is 0 Å². The summed E-state index contributed by atoms with van der Waals surface area (Å²) in [5.74, 6) is 0.106. The highest BCUT2D eigenvalue weighted by atomic mass is 19.3. The van der Waals surface area contributed by atoms with Crippen LogP contribution >= 0.6 is 0 Å². The standard InChI is InChI=1S/C10H10F2O/c11-10(12)8-5-7-3-1-2-4-9(7)13-6-8/h1-4,8,10H,5-6H2. The Morgan fingerprint density at radius 3 is 2.85 bits per heavy atom. The molecule has 0 spiro atoms. The van der Waals surface area contributed by atoms with Gasteiger partial charge < -0.3 is 4.74 Å². The van der Waals surface area contributed by atoms with Gasteiger partial charge >= 0.3 is 0 Å². The van der Waals surface area contributed by atoms with Crippen molar-refractivity contribution in [3.8, 4) is 5.75 Å². The van der Waals surface area contributed by atoms with Gasteiger partial charge in [0.05, 0.1) is 12.5 Å². The van der Waals surface area contributed by atoms with Crippen LogP contribution in [0.3, 0.4) is 0 Å². The van der Waals surface area contributed by atoms with E-state index < -0.39 is 12.3 Å². The van der Waals surface area contributed by atoms with Crippen LogP contribution in [0.1, 0.15) is 5.56 Å². The molecular formula is C10H10F2O. The van der Waals surface area contributed by atoms with Gasteiger partial charge in [-0.05, 0) is 18.1 Å². The Bertz CT molecular complexity index is 299. The van der Waals surface area contributed by atoms with Crippen molar-refractivity contribution in [3.05, 3.63) is 29.8 Å². The van der Waals surface area contributed by atoms with Gasteiger partial charge in [0.15, 0.2) is 0 Å². The zero-order valence-electron chi connectivity index (χ0n) is 7.04. The summed E-state index contributed by atoms with van der Waals surface area (Å²) >= 11 is 0. The molecule has 0 amide bonds. The molecule has 1 aromatic carbocycles. The number of rotatable bonds is 1. The van der Waals surface area contributed by atoms with Crippen LogP contribution in [0.15, 0.2) is 24.3 Å². The van der Waals surface area contributed by atoms with Gasteiger partial charge in [0.25, 0.3) is 0 Å². The Balaban J connectivity index is 2.20. The number of benzene rings is 1. The second-order valence-corrected chi connectivity index (χ2v) is 3.22. The molecule has 1 unspecified atom stereocenters. The average molecular weight is 184 g/mol. The number of ether oxygens (including phenoxy) is 1. The van der Waals surface area contributed by atoms with E-state index in [1.807, 2.05) is 24.3 Å². The first kappa shape index (κ1) is 8.48. The molecule has 1 aliphatic heterocycles. The summed E-state index contributed by atoms with van der Waals surface area (Å²) < 4.78 is 29.9. The highest BCUT2D eigenvalue weighted by Gasteiger charge is 2.26. The van der Waals surface area contributed by atoms with Crippen LogP contribution in [-0.4, -0.2) is 13.0 Å². The van der Waals surface area contributed by atoms with Gasteiger partial charge in [-0.25, -0.2) is 8.78 Å². The molecule has 70 valence electrons. The Hall–Kier alpha value is -1.12. The molecule has 0 N–H and O–H groups in total. The van der Waals surface area contributed by atoms with Crippen LogP contribution in [0.2, 0.25) is 0 Å². The highest BCUT2D eigenvalue weighted by Crippen LogP contribution is 2.29. The fourth-order valence-corrected chi connectivity index (χ4v) is 1.51. The van der Waals surface area contributed by atoms with Crippen LogP contribution in [0, 0.1) is 5.92 Å². The van der Waals surface area contributed by atoms with E-state index >= 15 is 0 Å². The van der Waals surface area contributed by atoms with E-state index in [2.05, 4.69) is 0 Å². The Morgan fingerprint density at radius 2 is 2.08 bits per heavy atom. The van der Waals surface area contributed by atoms with E-state index in [1.54, 1.807) is 0 Å². The molecule has 0 saturated carbocycles. The van der Waals surface area contributed by atoms with Crippen molar-refractivity contribution in [2.75, 3.05) is 6.61 Å². The molecule has 1 aliphatic rings. The van der Waals surface area contributed by atoms with Gasteiger partial charge in [-0.1, -0.05) is 18.2 Å². The fourth-order valence-electron chi connectivity index (χ4n) is 1.51. The minimum Gasteiger partial charge on any atom is -0.493 e. The monoisotopic (exact) mass is 184 g/mol. The van der Waals surface area contributed by atoms with Crippen LogP contribution < -0.4 is 4.74 Å². The molecule has 2 rings (SSSR count). The Morgan fingerprint density at radius 1 is 1.31 bits per heavy atom. The molecule has 0 saturated heterocycles. The van der Waals surface area contributed by atoms with E-state index in [9.17, 15) is 8.78 Å². The third-order valence-electron chi connectivity index (χ3n) is 2.26. The van der Waals surface area contributed by atoms with Crippen molar-refractivity contribution >= 4 is 0 Å². The molecule has 0 aromatic heterocycles. The number of hydrogen-bond donors (Lipinski definition) is 0. The topological polar surface area (TPSA) is 9.23 Å². The zero-order chi connectivity index (χ0) is 9.26. The van der Waals surface area contributed by atoms with Crippen LogP contribution in [0.25, 0.3) is 0 Å². The highest BCUT2D eigenvalue weighted by molar-refractivity contribution is 5.35. The van der Waals surface area contributed by atoms with E-state index in [4.69, 9.17) is 4.74 Å². The lowest BCUT2D eigenvalue weighted by Gasteiger charge is -2.24. The van der Waals surface area contributed by atoms with Gasteiger partial charge in [-0.2, -0.15) is 0 Å². The zero-order valence-corrected chi connectivity index (χ0v) is 7.04. The largest absolute Gasteiger partial charge is 0.493 e. The first-order valence-corrected chi connectivity index (χ1v) is 4.26. The maximum absolute atomic E-state index is 12.3. The molecule has 1 aromatic rings. The third kappa shape index (κ3) is 1.64. The second-order valence-electron chi connectivity index (χ2n) is 3.22. The number of fused-ring (bicyclic) bond motifs is 1. The first-order chi connectivity index (χ1) is 6.27. The molecule has 1 heterocycles. The van der Waals surface area contributed by atoms with Gasteiger partial charge in [0, 0.05) is 0 Å². The maximum atomic E-state index is 12.3. The predicted octanol–water partition coefficient (Wildman–Crippen LogP) is 2.50. The summed E-state index contributed by atoms with van der Waals surface area (Å²) in [6.45, 7) is 0.134. The first-order valence-electron chi connectivity index (χ1n) is 4.26. The van der Waals surface area contributed by atoms with Crippen LogP contribution in [-0.2, 0) is 6.42 Å².